The molecule has 12 heavy (non-hydrogen) atoms. The van der Waals surface area contributed by atoms with E-state index in [9.17, 15) is 4.79 Å². The zero-order valence-corrected chi connectivity index (χ0v) is 8.04. The van der Waals surface area contributed by atoms with Gasteiger partial charge >= 0.3 is 0 Å². The second-order valence-corrected chi connectivity index (χ2v) is 3.41. The topological polar surface area (TPSA) is 29.5 Å². The molecule has 0 aromatic heterocycles. The highest BCUT2D eigenvalue weighted by atomic mass is 16.5. The van der Waals surface area contributed by atoms with Gasteiger partial charge < -0.3 is 9.64 Å². The predicted octanol–water partition coefficient (Wildman–Crippen LogP) is 1.03. The first-order chi connectivity index (χ1) is 5.66. The van der Waals surface area contributed by atoms with Crippen LogP contribution in [0.15, 0.2) is 0 Å². The zero-order chi connectivity index (χ0) is 9.14. The molecule has 1 amide bonds. The van der Waals surface area contributed by atoms with Crippen LogP contribution in [0.4, 0.5) is 0 Å². The number of carbonyl (C=O) groups excluding carboxylic acids is 1. The van der Waals surface area contributed by atoms with E-state index in [0.717, 1.165) is 12.8 Å². The van der Waals surface area contributed by atoms with Crippen LogP contribution in [-0.4, -0.2) is 37.1 Å². The van der Waals surface area contributed by atoms with Crippen molar-refractivity contribution in [3.63, 3.8) is 0 Å². The number of nitrogens with zero attached hydrogens (tertiary/aromatic N) is 1. The fraction of sp³-hybridized carbons (Fsp3) is 0.889. The molecule has 0 aromatic rings. The van der Waals surface area contributed by atoms with Gasteiger partial charge in [-0.25, -0.2) is 0 Å². The summed E-state index contributed by atoms with van der Waals surface area (Å²) in [6.07, 6.45) is 3.26. The minimum absolute atomic E-state index is 0.0993. The molecule has 0 spiro atoms. The Kier molecular flexibility index (Phi) is 3.09. The first kappa shape index (κ1) is 9.52. The summed E-state index contributed by atoms with van der Waals surface area (Å²) in [6, 6.07) is 0.468. The summed E-state index contributed by atoms with van der Waals surface area (Å²) in [4.78, 5) is 13.3. The fourth-order valence-electron chi connectivity index (χ4n) is 1.34. The van der Waals surface area contributed by atoms with Crippen LogP contribution >= 0.6 is 0 Å². The van der Waals surface area contributed by atoms with Crippen molar-refractivity contribution in [1.82, 2.24) is 4.90 Å². The summed E-state index contributed by atoms with van der Waals surface area (Å²) < 4.78 is 4.96. The highest BCUT2D eigenvalue weighted by Gasteiger charge is 2.27. The average Bonchev–Trinajstić information content (AvgIpc) is 1.98. The lowest BCUT2D eigenvalue weighted by Crippen LogP contribution is -2.45. The van der Waals surface area contributed by atoms with Crippen LogP contribution in [0.1, 0.15) is 26.2 Å². The van der Waals surface area contributed by atoms with Crippen molar-refractivity contribution in [2.75, 3.05) is 14.2 Å². The molecule has 0 aromatic carbocycles. The Hall–Kier alpha value is -0.570. The van der Waals surface area contributed by atoms with Crippen LogP contribution in [0.2, 0.25) is 0 Å². The van der Waals surface area contributed by atoms with E-state index in [2.05, 4.69) is 0 Å². The molecular formula is C9H17NO2. The van der Waals surface area contributed by atoms with Gasteiger partial charge in [0.15, 0.2) is 0 Å². The zero-order valence-electron chi connectivity index (χ0n) is 8.04. The smallest absolute Gasteiger partial charge is 0.251 e. The average molecular weight is 171 g/mol. The molecule has 0 heterocycles. The first-order valence-corrected chi connectivity index (χ1v) is 4.46. The summed E-state index contributed by atoms with van der Waals surface area (Å²) in [5, 5.41) is 0. The quantitative estimate of drug-likeness (QED) is 0.634. The van der Waals surface area contributed by atoms with Crippen LogP contribution in [0.25, 0.3) is 0 Å². The summed E-state index contributed by atoms with van der Waals surface area (Å²) in [6.45, 7) is 1.79. The molecule has 0 saturated heterocycles. The van der Waals surface area contributed by atoms with Gasteiger partial charge in [0.05, 0.1) is 0 Å². The maximum absolute atomic E-state index is 11.5. The highest BCUT2D eigenvalue weighted by Crippen LogP contribution is 2.24. The monoisotopic (exact) mass is 171 g/mol. The van der Waals surface area contributed by atoms with Gasteiger partial charge in [-0.15, -0.1) is 0 Å². The van der Waals surface area contributed by atoms with E-state index in [1.165, 1.54) is 6.42 Å². The molecule has 0 bridgehead atoms. The lowest BCUT2D eigenvalue weighted by molar-refractivity contribution is -0.143. The second kappa shape index (κ2) is 3.90. The second-order valence-electron chi connectivity index (χ2n) is 3.41. The van der Waals surface area contributed by atoms with Crippen LogP contribution in [-0.2, 0) is 9.53 Å². The van der Waals surface area contributed by atoms with E-state index in [1.54, 1.807) is 14.0 Å². The number of ether oxygens (including phenoxy) is 1. The molecule has 0 radical (unpaired) electrons. The molecule has 0 aliphatic heterocycles. The maximum Gasteiger partial charge on any atom is 0.251 e. The minimum atomic E-state index is -0.296. The van der Waals surface area contributed by atoms with Gasteiger partial charge in [0.2, 0.25) is 0 Å². The lowest BCUT2D eigenvalue weighted by Gasteiger charge is -2.35. The van der Waals surface area contributed by atoms with Gasteiger partial charge in [0.1, 0.15) is 6.10 Å². The van der Waals surface area contributed by atoms with E-state index in [0.29, 0.717) is 6.04 Å². The Labute approximate surface area is 73.7 Å². The molecule has 1 saturated carbocycles. The molecule has 1 unspecified atom stereocenters. The molecule has 1 aliphatic carbocycles. The standard InChI is InChI=1S/C9H17NO2/c1-7(12-3)9(11)10(2)8-5-4-6-8/h7-8H,4-6H2,1-3H3. The number of rotatable bonds is 3. The summed E-state index contributed by atoms with van der Waals surface area (Å²) in [7, 11) is 3.43. The number of likely N-dealkylation sites (N-methyl/N-ethyl adjacent to an activating group) is 1. The van der Waals surface area contributed by atoms with Crippen molar-refractivity contribution >= 4 is 5.91 Å². The van der Waals surface area contributed by atoms with E-state index in [1.807, 2.05) is 11.9 Å². The van der Waals surface area contributed by atoms with Gasteiger partial charge in [-0.3, -0.25) is 4.79 Å². The molecule has 3 nitrogen and oxygen atoms in total. The molecule has 1 rings (SSSR count). The fourth-order valence-corrected chi connectivity index (χ4v) is 1.34. The van der Waals surface area contributed by atoms with Crippen molar-refractivity contribution in [2.24, 2.45) is 0 Å². The van der Waals surface area contributed by atoms with E-state index in [4.69, 9.17) is 4.74 Å². The molecule has 1 atom stereocenters. The van der Waals surface area contributed by atoms with Crippen molar-refractivity contribution in [3.8, 4) is 0 Å². The van der Waals surface area contributed by atoms with Crippen LogP contribution in [0, 0.1) is 0 Å². The molecule has 70 valence electrons. The Morgan fingerprint density at radius 2 is 2.17 bits per heavy atom. The van der Waals surface area contributed by atoms with Gasteiger partial charge in [0, 0.05) is 20.2 Å². The normalized spacial score (nSPS) is 19.9. The summed E-state index contributed by atoms with van der Waals surface area (Å²) >= 11 is 0. The van der Waals surface area contributed by atoms with Crippen LogP contribution < -0.4 is 0 Å². The number of methoxy groups -OCH3 is 1. The molecular weight excluding hydrogens is 154 g/mol. The molecule has 1 fully saturated rings. The molecule has 1 aliphatic rings. The minimum Gasteiger partial charge on any atom is -0.372 e. The van der Waals surface area contributed by atoms with E-state index < -0.39 is 0 Å². The van der Waals surface area contributed by atoms with Gasteiger partial charge in [-0.1, -0.05) is 0 Å². The largest absolute Gasteiger partial charge is 0.372 e. The van der Waals surface area contributed by atoms with Crippen molar-refractivity contribution in [3.05, 3.63) is 0 Å². The van der Waals surface area contributed by atoms with Gasteiger partial charge in [-0.2, -0.15) is 0 Å². The third-order valence-corrected chi connectivity index (χ3v) is 2.67. The summed E-state index contributed by atoms with van der Waals surface area (Å²) in [5.74, 6) is 0.0993. The Morgan fingerprint density at radius 1 is 1.58 bits per heavy atom. The number of carbonyl (C=O) groups is 1. The Morgan fingerprint density at radius 3 is 2.50 bits per heavy atom. The van der Waals surface area contributed by atoms with Crippen LogP contribution in [0.3, 0.4) is 0 Å². The van der Waals surface area contributed by atoms with Gasteiger partial charge in [-0.05, 0) is 26.2 Å². The summed E-state index contributed by atoms with van der Waals surface area (Å²) in [5.41, 5.74) is 0. The predicted molar refractivity (Wildman–Crippen MR) is 46.9 cm³/mol. The van der Waals surface area contributed by atoms with Crippen molar-refractivity contribution < 1.29 is 9.53 Å². The highest BCUT2D eigenvalue weighted by molar-refractivity contribution is 5.80. The van der Waals surface area contributed by atoms with Crippen LogP contribution in [0.5, 0.6) is 0 Å². The Balaban J connectivity index is 2.39. The van der Waals surface area contributed by atoms with Crippen molar-refractivity contribution in [1.29, 1.82) is 0 Å². The third kappa shape index (κ3) is 1.78. The van der Waals surface area contributed by atoms with Gasteiger partial charge in [0.25, 0.3) is 5.91 Å². The first-order valence-electron chi connectivity index (χ1n) is 4.46. The lowest BCUT2D eigenvalue weighted by atomic mass is 9.91. The molecule has 3 heteroatoms. The van der Waals surface area contributed by atoms with E-state index >= 15 is 0 Å². The number of amides is 1. The molecule has 0 N–H and O–H groups in total. The third-order valence-electron chi connectivity index (χ3n) is 2.67. The SMILES string of the molecule is COC(C)C(=O)N(C)C1CCC1. The number of hydrogen-bond donors (Lipinski definition) is 0. The maximum atomic E-state index is 11.5. The van der Waals surface area contributed by atoms with Crippen molar-refractivity contribution in [2.45, 2.75) is 38.3 Å². The Bertz CT molecular complexity index is 166. The number of hydrogen-bond acceptors (Lipinski definition) is 2. The van der Waals surface area contributed by atoms with E-state index in [-0.39, 0.29) is 12.0 Å².